The van der Waals surface area contributed by atoms with Crippen molar-refractivity contribution in [3.8, 4) is 0 Å². The highest BCUT2D eigenvalue weighted by Crippen LogP contribution is 2.24. The molecule has 1 heterocycles. The molecule has 2 atom stereocenters. The van der Waals surface area contributed by atoms with Gasteiger partial charge in [-0.3, -0.25) is 15.0 Å². The molecule has 0 radical (unpaired) electrons. The molecule has 174 valence electrons. The van der Waals surface area contributed by atoms with Gasteiger partial charge in [-0.15, -0.1) is 0 Å². The van der Waals surface area contributed by atoms with Gasteiger partial charge in [0, 0.05) is 39.5 Å². The molecule has 8 heteroatoms. The standard InChI is InChI=1S/C24H33N3O4S/c1-26(23(21-6-4-3-5-7-21)17-27-13-12-22(28)16-27)24(29)14-19-8-10-20(11-9-19)15-25-18-32(2,30)31/h3-11,22-23,25,28H,12-18H2,1-2H3/t22-,23+/m0/s1. The van der Waals surface area contributed by atoms with Crippen molar-refractivity contribution in [1.82, 2.24) is 15.1 Å². The fraction of sp³-hybridized carbons (Fsp3) is 0.458. The number of rotatable bonds is 10. The third-order valence-corrected chi connectivity index (χ3v) is 6.52. The van der Waals surface area contributed by atoms with Gasteiger partial charge >= 0.3 is 0 Å². The van der Waals surface area contributed by atoms with Crippen LogP contribution < -0.4 is 5.32 Å². The Hall–Kier alpha value is -2.26. The number of aliphatic hydroxyl groups is 1. The van der Waals surface area contributed by atoms with Crippen LogP contribution in [0.2, 0.25) is 0 Å². The van der Waals surface area contributed by atoms with Gasteiger partial charge in [-0.05, 0) is 23.1 Å². The Morgan fingerprint density at radius 2 is 1.81 bits per heavy atom. The zero-order chi connectivity index (χ0) is 23.1. The molecule has 2 aromatic carbocycles. The summed E-state index contributed by atoms with van der Waals surface area (Å²) in [5, 5.41) is 12.8. The van der Waals surface area contributed by atoms with Crippen LogP contribution in [0.15, 0.2) is 54.6 Å². The van der Waals surface area contributed by atoms with Gasteiger partial charge in [-0.25, -0.2) is 8.42 Å². The summed E-state index contributed by atoms with van der Waals surface area (Å²) < 4.78 is 22.4. The molecule has 2 N–H and O–H groups in total. The Morgan fingerprint density at radius 1 is 1.16 bits per heavy atom. The maximum atomic E-state index is 13.1. The second-order valence-corrected chi connectivity index (χ2v) is 10.8. The highest BCUT2D eigenvalue weighted by Gasteiger charge is 2.28. The van der Waals surface area contributed by atoms with E-state index < -0.39 is 9.84 Å². The average molecular weight is 460 g/mol. The highest BCUT2D eigenvalue weighted by atomic mass is 32.2. The Labute approximate surface area is 191 Å². The topological polar surface area (TPSA) is 90.0 Å². The number of sulfone groups is 1. The van der Waals surface area contributed by atoms with Gasteiger partial charge < -0.3 is 10.0 Å². The Balaban J connectivity index is 1.62. The van der Waals surface area contributed by atoms with Crippen LogP contribution in [0.25, 0.3) is 0 Å². The van der Waals surface area contributed by atoms with Gasteiger partial charge in [-0.2, -0.15) is 0 Å². The molecule has 0 saturated carbocycles. The summed E-state index contributed by atoms with van der Waals surface area (Å²) in [4.78, 5) is 17.1. The van der Waals surface area contributed by atoms with E-state index in [0.29, 0.717) is 26.1 Å². The molecule has 1 aliphatic heterocycles. The number of carbonyl (C=O) groups is 1. The molecular formula is C24H33N3O4S. The maximum Gasteiger partial charge on any atom is 0.227 e. The van der Waals surface area contributed by atoms with Crippen LogP contribution in [0.3, 0.4) is 0 Å². The van der Waals surface area contributed by atoms with Gasteiger partial charge in [0.15, 0.2) is 9.84 Å². The zero-order valence-corrected chi connectivity index (χ0v) is 19.6. The maximum absolute atomic E-state index is 13.1. The summed E-state index contributed by atoms with van der Waals surface area (Å²) in [6.07, 6.45) is 1.96. The first kappa shape index (κ1) is 24.4. The number of hydrogen-bond donors (Lipinski definition) is 2. The van der Waals surface area contributed by atoms with Crippen molar-refractivity contribution in [2.24, 2.45) is 0 Å². The molecule has 1 aliphatic rings. The van der Waals surface area contributed by atoms with Crippen molar-refractivity contribution in [2.75, 3.05) is 38.8 Å². The molecule has 0 spiro atoms. The minimum absolute atomic E-state index is 0.0292. The number of likely N-dealkylation sites (N-methyl/N-ethyl adjacent to an activating group) is 1. The van der Waals surface area contributed by atoms with Crippen molar-refractivity contribution in [2.45, 2.75) is 31.5 Å². The van der Waals surface area contributed by atoms with E-state index in [-0.39, 0.29) is 23.9 Å². The van der Waals surface area contributed by atoms with Gasteiger partial charge in [-0.1, -0.05) is 54.6 Å². The van der Waals surface area contributed by atoms with Crippen LogP contribution >= 0.6 is 0 Å². The zero-order valence-electron chi connectivity index (χ0n) is 18.8. The quantitative estimate of drug-likeness (QED) is 0.561. The molecule has 0 bridgehead atoms. The number of β-amino-alcohol motifs (C(OH)–C–C–N with tert-alkyl or cyclic N) is 1. The molecular weight excluding hydrogens is 426 g/mol. The van der Waals surface area contributed by atoms with Crippen LogP contribution in [0, 0.1) is 0 Å². The molecule has 7 nitrogen and oxygen atoms in total. The van der Waals surface area contributed by atoms with Crippen molar-refractivity contribution in [1.29, 1.82) is 0 Å². The van der Waals surface area contributed by atoms with E-state index >= 15 is 0 Å². The summed E-state index contributed by atoms with van der Waals surface area (Å²) in [6.45, 7) is 2.62. The number of benzene rings is 2. The average Bonchev–Trinajstić information content (AvgIpc) is 3.17. The minimum Gasteiger partial charge on any atom is -0.392 e. The lowest BCUT2D eigenvalue weighted by molar-refractivity contribution is -0.131. The van der Waals surface area contributed by atoms with Crippen molar-refractivity contribution >= 4 is 15.7 Å². The SMILES string of the molecule is CN(C(=O)Cc1ccc(CNCS(C)(=O)=O)cc1)[C@H](CN1CC[C@H](O)C1)c1ccccc1. The largest absolute Gasteiger partial charge is 0.392 e. The van der Waals surface area contributed by atoms with Crippen LogP contribution in [-0.4, -0.2) is 74.1 Å². The van der Waals surface area contributed by atoms with E-state index in [9.17, 15) is 18.3 Å². The van der Waals surface area contributed by atoms with Gasteiger partial charge in [0.2, 0.25) is 5.91 Å². The molecule has 32 heavy (non-hydrogen) atoms. The summed E-state index contributed by atoms with van der Waals surface area (Å²) in [5.74, 6) is -0.0333. The first-order chi connectivity index (χ1) is 15.2. The van der Waals surface area contributed by atoms with Gasteiger partial charge in [0.05, 0.1) is 24.4 Å². The molecule has 1 fully saturated rings. The number of likely N-dealkylation sites (tertiary alicyclic amines) is 1. The van der Waals surface area contributed by atoms with E-state index in [1.165, 1.54) is 6.26 Å². The van der Waals surface area contributed by atoms with Gasteiger partial charge in [0.25, 0.3) is 0 Å². The number of aliphatic hydroxyl groups excluding tert-OH is 1. The molecule has 0 unspecified atom stereocenters. The lowest BCUT2D eigenvalue weighted by atomic mass is 10.0. The number of amides is 1. The van der Waals surface area contributed by atoms with Crippen molar-refractivity contribution in [3.05, 3.63) is 71.3 Å². The monoisotopic (exact) mass is 459 g/mol. The third-order valence-electron chi connectivity index (χ3n) is 5.80. The van der Waals surface area contributed by atoms with Crippen LogP contribution in [0.4, 0.5) is 0 Å². The molecule has 0 aromatic heterocycles. The van der Waals surface area contributed by atoms with Crippen LogP contribution in [0.5, 0.6) is 0 Å². The Bertz CT molecular complexity index is 980. The molecule has 1 amide bonds. The fourth-order valence-electron chi connectivity index (χ4n) is 3.98. The van der Waals surface area contributed by atoms with Crippen molar-refractivity contribution < 1.29 is 18.3 Å². The Morgan fingerprint density at radius 3 is 2.41 bits per heavy atom. The first-order valence-electron chi connectivity index (χ1n) is 10.9. The minimum atomic E-state index is -3.05. The molecule has 0 aliphatic carbocycles. The van der Waals surface area contributed by atoms with E-state index in [1.807, 2.05) is 66.5 Å². The summed E-state index contributed by atoms with van der Waals surface area (Å²) in [6, 6.07) is 17.6. The van der Waals surface area contributed by atoms with Gasteiger partial charge in [0.1, 0.15) is 0 Å². The Kier molecular flexibility index (Phi) is 8.42. The highest BCUT2D eigenvalue weighted by molar-refractivity contribution is 7.90. The van der Waals surface area contributed by atoms with E-state index in [2.05, 4.69) is 10.2 Å². The smallest absolute Gasteiger partial charge is 0.227 e. The number of hydrogen-bond acceptors (Lipinski definition) is 6. The lowest BCUT2D eigenvalue weighted by Gasteiger charge is -2.32. The fourth-order valence-corrected chi connectivity index (χ4v) is 4.45. The predicted molar refractivity (Wildman–Crippen MR) is 126 cm³/mol. The molecule has 3 rings (SSSR count). The van der Waals surface area contributed by atoms with E-state index in [0.717, 1.165) is 29.7 Å². The van der Waals surface area contributed by atoms with E-state index in [1.54, 1.807) is 0 Å². The molecule has 1 saturated heterocycles. The molecule has 2 aromatic rings. The normalized spacial score (nSPS) is 17.9. The second-order valence-electron chi connectivity index (χ2n) is 8.62. The number of carbonyl (C=O) groups excluding carboxylic acids is 1. The predicted octanol–water partition coefficient (Wildman–Crippen LogP) is 1.59. The lowest BCUT2D eigenvalue weighted by Crippen LogP contribution is -2.39. The summed E-state index contributed by atoms with van der Waals surface area (Å²) in [7, 11) is -1.21. The first-order valence-corrected chi connectivity index (χ1v) is 12.9. The van der Waals surface area contributed by atoms with Crippen molar-refractivity contribution in [3.63, 3.8) is 0 Å². The summed E-state index contributed by atoms with van der Waals surface area (Å²) in [5.41, 5.74) is 2.96. The number of nitrogens with one attached hydrogen (secondary N) is 1. The third kappa shape index (κ3) is 7.41. The number of nitrogens with zero attached hydrogens (tertiary/aromatic N) is 2. The second kappa shape index (κ2) is 11.0. The van der Waals surface area contributed by atoms with Crippen LogP contribution in [-0.2, 0) is 27.6 Å². The van der Waals surface area contributed by atoms with Crippen LogP contribution in [0.1, 0.15) is 29.2 Å². The summed E-state index contributed by atoms with van der Waals surface area (Å²) >= 11 is 0. The van der Waals surface area contributed by atoms with E-state index in [4.69, 9.17) is 0 Å².